The van der Waals surface area contributed by atoms with E-state index >= 15 is 0 Å². The molecule has 3 rings (SSSR count). The van der Waals surface area contributed by atoms with Crippen molar-refractivity contribution in [2.75, 3.05) is 19.0 Å². The fourth-order valence-corrected chi connectivity index (χ4v) is 3.30. The van der Waals surface area contributed by atoms with E-state index in [9.17, 15) is 14.4 Å². The Morgan fingerprint density at radius 2 is 1.64 bits per heavy atom. The number of aryl methyl sites for hydroxylation is 1. The molecule has 1 N–H and O–H groups in total. The van der Waals surface area contributed by atoms with E-state index in [-0.39, 0.29) is 18.0 Å². The number of hydrogen-bond acceptors (Lipinski definition) is 6. The Hall–Kier alpha value is -3.64. The maximum atomic E-state index is 12.9. The number of ketones is 2. The van der Waals surface area contributed by atoms with Crippen LogP contribution in [-0.4, -0.2) is 37.3 Å². The molecule has 0 bridgehead atoms. The summed E-state index contributed by atoms with van der Waals surface area (Å²) in [4.78, 5) is 38.1. The van der Waals surface area contributed by atoms with Gasteiger partial charge in [0, 0.05) is 28.3 Å². The van der Waals surface area contributed by atoms with Gasteiger partial charge in [0.05, 0.1) is 7.11 Å². The molecule has 0 radical (unpaired) electrons. The second-order valence-electron chi connectivity index (χ2n) is 7.42. The largest absolute Gasteiger partial charge is 0.497 e. The van der Waals surface area contributed by atoms with Crippen molar-refractivity contribution in [1.82, 2.24) is 0 Å². The lowest BCUT2D eigenvalue weighted by Gasteiger charge is -2.19. The van der Waals surface area contributed by atoms with Crippen LogP contribution in [0.15, 0.2) is 72.8 Å². The first-order valence-electron chi connectivity index (χ1n) is 10.3. The maximum absolute atomic E-state index is 12.9. The highest BCUT2D eigenvalue weighted by molar-refractivity contribution is 6.31. The van der Waals surface area contributed by atoms with Crippen molar-refractivity contribution in [2.45, 2.75) is 19.4 Å². The second-order valence-corrected chi connectivity index (χ2v) is 7.82. The molecule has 0 aliphatic rings. The number of benzene rings is 3. The summed E-state index contributed by atoms with van der Waals surface area (Å²) >= 11 is 6.20. The molecule has 7 heteroatoms. The van der Waals surface area contributed by atoms with Crippen LogP contribution >= 0.6 is 11.6 Å². The minimum Gasteiger partial charge on any atom is -0.497 e. The number of carbonyl (C=O) groups excluding carboxylic acids is 3. The quantitative estimate of drug-likeness (QED) is 0.330. The van der Waals surface area contributed by atoms with Crippen molar-refractivity contribution in [3.05, 3.63) is 94.5 Å². The highest BCUT2D eigenvalue weighted by Gasteiger charge is 2.25. The summed E-state index contributed by atoms with van der Waals surface area (Å²) in [5.74, 6) is -0.806. The van der Waals surface area contributed by atoms with Gasteiger partial charge < -0.3 is 14.8 Å². The van der Waals surface area contributed by atoms with Crippen molar-refractivity contribution < 1.29 is 23.9 Å². The van der Waals surface area contributed by atoms with Crippen molar-refractivity contribution in [3.8, 4) is 5.75 Å². The number of esters is 1. The smallest absolute Gasteiger partial charge is 0.329 e. The molecule has 0 fully saturated rings. The summed E-state index contributed by atoms with van der Waals surface area (Å²) in [5, 5.41) is 3.54. The molecule has 3 aromatic rings. The van der Waals surface area contributed by atoms with Crippen LogP contribution in [0.1, 0.15) is 32.7 Å². The molecular formula is C26H24ClNO5. The molecule has 0 aromatic heterocycles. The number of nitrogens with one attached hydrogen (secondary N) is 1. The van der Waals surface area contributed by atoms with Crippen LogP contribution in [0, 0.1) is 6.92 Å². The van der Waals surface area contributed by atoms with E-state index in [0.717, 1.165) is 5.56 Å². The molecule has 0 heterocycles. The van der Waals surface area contributed by atoms with Gasteiger partial charge in [-0.25, -0.2) is 4.79 Å². The Balaban J connectivity index is 1.73. The van der Waals surface area contributed by atoms with Crippen molar-refractivity contribution in [2.24, 2.45) is 0 Å². The molecule has 0 saturated carbocycles. The highest BCUT2D eigenvalue weighted by atomic mass is 35.5. The SMILES string of the molecule is COc1cccc(C(=O)COC(=O)C(CC(=O)c2ccccc2)Nc2ccc(C)c(Cl)c2)c1. The molecule has 0 saturated heterocycles. The van der Waals surface area contributed by atoms with Crippen LogP contribution in [0.25, 0.3) is 0 Å². The molecule has 3 aromatic carbocycles. The molecule has 1 atom stereocenters. The minimum atomic E-state index is -1.01. The fraction of sp³-hybridized carbons (Fsp3) is 0.192. The molecule has 1 unspecified atom stereocenters. The first kappa shape index (κ1) is 24.0. The van der Waals surface area contributed by atoms with Crippen LogP contribution < -0.4 is 10.1 Å². The van der Waals surface area contributed by atoms with Gasteiger partial charge >= 0.3 is 5.97 Å². The van der Waals surface area contributed by atoms with Gasteiger partial charge in [-0.1, -0.05) is 60.1 Å². The third kappa shape index (κ3) is 6.67. The average Bonchev–Trinajstić information content (AvgIpc) is 2.84. The predicted molar refractivity (Wildman–Crippen MR) is 127 cm³/mol. The fourth-order valence-electron chi connectivity index (χ4n) is 3.12. The zero-order chi connectivity index (χ0) is 23.8. The van der Waals surface area contributed by atoms with Crippen LogP contribution in [0.2, 0.25) is 5.02 Å². The molecule has 0 amide bonds. The van der Waals surface area contributed by atoms with E-state index in [1.165, 1.54) is 7.11 Å². The predicted octanol–water partition coefficient (Wildman–Crippen LogP) is 5.14. The molecule has 6 nitrogen and oxygen atoms in total. The number of carbonyl (C=O) groups is 3. The van der Waals surface area contributed by atoms with Gasteiger partial charge in [-0.05, 0) is 36.8 Å². The average molecular weight is 466 g/mol. The lowest BCUT2D eigenvalue weighted by atomic mass is 10.0. The lowest BCUT2D eigenvalue weighted by Crippen LogP contribution is -2.34. The number of halogens is 1. The summed E-state index contributed by atoms with van der Waals surface area (Å²) in [7, 11) is 1.50. The van der Waals surface area contributed by atoms with Gasteiger partial charge in [0.2, 0.25) is 0 Å². The number of rotatable bonds is 10. The molecule has 0 aliphatic carbocycles. The third-order valence-electron chi connectivity index (χ3n) is 5.02. The first-order valence-corrected chi connectivity index (χ1v) is 10.7. The topological polar surface area (TPSA) is 81.7 Å². The summed E-state index contributed by atoms with van der Waals surface area (Å²) in [6.45, 7) is 1.40. The summed E-state index contributed by atoms with van der Waals surface area (Å²) < 4.78 is 10.4. The minimum absolute atomic E-state index is 0.151. The Morgan fingerprint density at radius 3 is 2.33 bits per heavy atom. The van der Waals surface area contributed by atoms with E-state index in [2.05, 4.69) is 5.32 Å². The van der Waals surface area contributed by atoms with Gasteiger partial charge in [-0.2, -0.15) is 0 Å². The van der Waals surface area contributed by atoms with E-state index in [1.54, 1.807) is 72.8 Å². The summed E-state index contributed by atoms with van der Waals surface area (Å²) in [6, 6.07) is 19.5. The normalized spacial score (nSPS) is 11.4. The molecule has 0 aliphatic heterocycles. The van der Waals surface area contributed by atoms with E-state index in [0.29, 0.717) is 27.6 Å². The Bertz CT molecular complexity index is 1150. The van der Waals surface area contributed by atoms with Crippen LogP contribution in [0.3, 0.4) is 0 Å². The number of methoxy groups -OCH3 is 1. The number of Topliss-reactive ketones (excluding diaryl/α,β-unsaturated/α-hetero) is 2. The Morgan fingerprint density at radius 1 is 0.909 bits per heavy atom. The zero-order valence-corrected chi connectivity index (χ0v) is 19.1. The molecular weight excluding hydrogens is 442 g/mol. The second kappa shape index (κ2) is 11.3. The Labute approximate surface area is 197 Å². The standard InChI is InChI=1S/C26H24ClNO5/c1-17-11-12-20(14-22(17)27)28-23(15-24(29)18-7-4-3-5-8-18)26(31)33-16-25(30)19-9-6-10-21(13-19)32-2/h3-14,23,28H,15-16H2,1-2H3. The number of anilines is 1. The number of hydrogen-bond donors (Lipinski definition) is 1. The lowest BCUT2D eigenvalue weighted by molar-refractivity contribution is -0.143. The first-order chi connectivity index (χ1) is 15.9. The monoisotopic (exact) mass is 465 g/mol. The van der Waals surface area contributed by atoms with E-state index < -0.39 is 18.6 Å². The Kier molecular flexibility index (Phi) is 8.22. The third-order valence-corrected chi connectivity index (χ3v) is 5.43. The van der Waals surface area contributed by atoms with Gasteiger partial charge in [-0.15, -0.1) is 0 Å². The van der Waals surface area contributed by atoms with Gasteiger partial charge in [0.15, 0.2) is 18.2 Å². The summed E-state index contributed by atoms with van der Waals surface area (Å²) in [5.41, 5.74) is 2.28. The zero-order valence-electron chi connectivity index (χ0n) is 18.3. The van der Waals surface area contributed by atoms with Gasteiger partial charge in [0.25, 0.3) is 0 Å². The maximum Gasteiger partial charge on any atom is 0.329 e. The molecule has 33 heavy (non-hydrogen) atoms. The van der Waals surface area contributed by atoms with Crippen molar-refractivity contribution >= 4 is 34.8 Å². The molecule has 170 valence electrons. The van der Waals surface area contributed by atoms with Crippen molar-refractivity contribution in [3.63, 3.8) is 0 Å². The van der Waals surface area contributed by atoms with Crippen LogP contribution in [0.4, 0.5) is 5.69 Å². The van der Waals surface area contributed by atoms with Crippen LogP contribution in [-0.2, 0) is 9.53 Å². The van der Waals surface area contributed by atoms with E-state index in [4.69, 9.17) is 21.1 Å². The number of ether oxygens (including phenoxy) is 2. The van der Waals surface area contributed by atoms with Gasteiger partial charge in [-0.3, -0.25) is 9.59 Å². The summed E-state index contributed by atoms with van der Waals surface area (Å²) in [6.07, 6.45) is -0.151. The molecule has 0 spiro atoms. The highest BCUT2D eigenvalue weighted by Crippen LogP contribution is 2.22. The van der Waals surface area contributed by atoms with Crippen molar-refractivity contribution in [1.29, 1.82) is 0 Å². The van der Waals surface area contributed by atoms with E-state index in [1.807, 2.05) is 6.92 Å². The van der Waals surface area contributed by atoms with Gasteiger partial charge in [0.1, 0.15) is 11.8 Å². The van der Waals surface area contributed by atoms with Crippen LogP contribution in [0.5, 0.6) is 5.75 Å².